The first-order chi connectivity index (χ1) is 12.0. The summed E-state index contributed by atoms with van der Waals surface area (Å²) >= 11 is 4.58. The average molecular weight is 377 g/mol. The first-order valence-corrected chi connectivity index (χ1v) is 9.52. The first kappa shape index (κ1) is 22.5. The third-order valence-electron chi connectivity index (χ3n) is 5.42. The molecule has 2 unspecified atom stereocenters. The largest absolute Gasteiger partial charge is 0.464 e. The van der Waals surface area contributed by atoms with Crippen molar-refractivity contribution < 1.29 is 9.53 Å². The molecule has 0 aliphatic carbocycles. The predicted molar refractivity (Wildman–Crippen MR) is 111 cm³/mol. The molecule has 144 valence electrons. The van der Waals surface area contributed by atoms with Crippen LogP contribution >= 0.6 is 12.6 Å². The summed E-state index contributed by atoms with van der Waals surface area (Å²) in [5.74, 6) is 0.260. The minimum Gasteiger partial charge on any atom is -0.464 e. The maximum Gasteiger partial charge on any atom is 0.320 e. The molecule has 0 radical (unpaired) electrons. The van der Waals surface area contributed by atoms with E-state index in [1.165, 1.54) is 0 Å². The van der Waals surface area contributed by atoms with E-state index in [1.54, 1.807) is 0 Å². The molecule has 5 heteroatoms. The number of rotatable bonds is 9. The minimum atomic E-state index is -0.950. The van der Waals surface area contributed by atoms with Gasteiger partial charge in [-0.25, -0.2) is 6.57 Å². The molecule has 1 aromatic carbocycles. The van der Waals surface area contributed by atoms with Gasteiger partial charge in [-0.05, 0) is 38.8 Å². The summed E-state index contributed by atoms with van der Waals surface area (Å²) in [5.41, 5.74) is -1.07. The van der Waals surface area contributed by atoms with Crippen LogP contribution in [0.5, 0.6) is 0 Å². The summed E-state index contributed by atoms with van der Waals surface area (Å²) < 4.78 is 5.58. The lowest BCUT2D eigenvalue weighted by Crippen LogP contribution is -2.50. The highest BCUT2D eigenvalue weighted by Crippen LogP contribution is 2.46. The van der Waals surface area contributed by atoms with Gasteiger partial charge in [-0.1, -0.05) is 37.3 Å². The van der Waals surface area contributed by atoms with Gasteiger partial charge in [0.05, 0.1) is 0 Å². The second kappa shape index (κ2) is 8.92. The van der Waals surface area contributed by atoms with Crippen LogP contribution < -0.4 is 0 Å². The van der Waals surface area contributed by atoms with Crippen molar-refractivity contribution in [2.75, 3.05) is 33.0 Å². The van der Waals surface area contributed by atoms with E-state index < -0.39 is 11.0 Å². The van der Waals surface area contributed by atoms with Gasteiger partial charge in [0.25, 0.3) is 0 Å². The number of ether oxygens (including phenoxy) is 1. The SMILES string of the molecule is [C-]#[N+]C(C)(C)C(C)(CC(C)(CS)c1ccccc1)C(=O)OCCN(C)C. The van der Waals surface area contributed by atoms with Crippen molar-refractivity contribution in [1.29, 1.82) is 0 Å². The van der Waals surface area contributed by atoms with E-state index in [0.29, 0.717) is 25.3 Å². The van der Waals surface area contributed by atoms with Gasteiger partial charge in [0.15, 0.2) is 0 Å². The normalized spacial score (nSPS) is 16.4. The van der Waals surface area contributed by atoms with E-state index in [1.807, 2.05) is 58.0 Å². The highest BCUT2D eigenvalue weighted by atomic mass is 32.1. The molecule has 0 saturated carbocycles. The van der Waals surface area contributed by atoms with Gasteiger partial charge in [0.2, 0.25) is 5.54 Å². The fourth-order valence-electron chi connectivity index (χ4n) is 3.01. The monoisotopic (exact) mass is 376 g/mol. The zero-order chi connectivity index (χ0) is 20.0. The van der Waals surface area contributed by atoms with Gasteiger partial charge >= 0.3 is 5.97 Å². The van der Waals surface area contributed by atoms with Gasteiger partial charge in [-0.2, -0.15) is 12.6 Å². The second-order valence-electron chi connectivity index (χ2n) is 8.20. The van der Waals surface area contributed by atoms with Crippen molar-refractivity contribution >= 4 is 18.6 Å². The van der Waals surface area contributed by atoms with Crippen molar-refractivity contribution in [2.24, 2.45) is 5.41 Å². The van der Waals surface area contributed by atoms with Crippen LogP contribution in [0.25, 0.3) is 4.85 Å². The standard InChI is InChI=1S/C21H32N2O2S/c1-19(2,22-5)21(4,18(24)25-14-13-23(6)7)15-20(3,16-26)17-11-9-8-10-12-17/h8-12,26H,13-16H2,1-4,6-7H3. The summed E-state index contributed by atoms with van der Waals surface area (Å²) in [6.45, 7) is 16.2. The Labute approximate surface area is 164 Å². The molecular formula is C21H32N2O2S. The number of carbonyl (C=O) groups excluding carboxylic acids is 1. The number of benzene rings is 1. The molecule has 1 rings (SSSR count). The summed E-state index contributed by atoms with van der Waals surface area (Å²) in [6, 6.07) is 10.1. The highest BCUT2D eigenvalue weighted by molar-refractivity contribution is 7.80. The number of hydrogen-bond acceptors (Lipinski definition) is 4. The van der Waals surface area contributed by atoms with E-state index in [0.717, 1.165) is 5.56 Å². The number of carbonyl (C=O) groups is 1. The highest BCUT2D eigenvalue weighted by Gasteiger charge is 2.57. The topological polar surface area (TPSA) is 33.9 Å². The maximum absolute atomic E-state index is 13.1. The number of nitrogens with zero attached hydrogens (tertiary/aromatic N) is 2. The zero-order valence-corrected chi connectivity index (χ0v) is 17.8. The van der Waals surface area contributed by atoms with Crippen molar-refractivity contribution in [3.8, 4) is 0 Å². The molecule has 0 amide bonds. The molecule has 0 aromatic heterocycles. The molecule has 1 aromatic rings. The number of likely N-dealkylation sites (N-methyl/N-ethyl adjacent to an activating group) is 1. The number of thiol groups is 1. The summed E-state index contributed by atoms with van der Waals surface area (Å²) in [7, 11) is 3.87. The van der Waals surface area contributed by atoms with Gasteiger partial charge in [-0.15, -0.1) is 0 Å². The molecular weight excluding hydrogens is 344 g/mol. The van der Waals surface area contributed by atoms with E-state index in [2.05, 4.69) is 36.5 Å². The summed E-state index contributed by atoms with van der Waals surface area (Å²) in [6.07, 6.45) is 0.490. The van der Waals surface area contributed by atoms with E-state index in [9.17, 15) is 4.79 Å². The average Bonchev–Trinajstić information content (AvgIpc) is 2.61. The summed E-state index contributed by atoms with van der Waals surface area (Å²) in [5, 5.41) is 0. The van der Waals surface area contributed by atoms with Gasteiger partial charge in [0, 0.05) is 25.8 Å². The molecule has 4 nitrogen and oxygen atoms in total. The van der Waals surface area contributed by atoms with Crippen molar-refractivity contribution in [3.05, 3.63) is 47.3 Å². The predicted octanol–water partition coefficient (Wildman–Crippen LogP) is 4.07. The van der Waals surface area contributed by atoms with Gasteiger partial charge < -0.3 is 14.5 Å². The summed E-state index contributed by atoms with van der Waals surface area (Å²) in [4.78, 5) is 18.8. The fraction of sp³-hybridized carbons (Fsp3) is 0.619. The molecule has 0 bridgehead atoms. The molecule has 0 heterocycles. The lowest BCUT2D eigenvalue weighted by atomic mass is 9.62. The Bertz CT molecular complexity index is 639. The van der Waals surface area contributed by atoms with Crippen LogP contribution in [-0.2, 0) is 14.9 Å². The van der Waals surface area contributed by atoms with E-state index >= 15 is 0 Å². The Morgan fingerprint density at radius 1 is 1.19 bits per heavy atom. The van der Waals surface area contributed by atoms with Crippen molar-refractivity contribution in [2.45, 2.75) is 45.1 Å². The molecule has 0 fully saturated rings. The number of hydrogen-bond donors (Lipinski definition) is 1. The Morgan fingerprint density at radius 3 is 2.23 bits per heavy atom. The van der Waals surface area contributed by atoms with Crippen LogP contribution in [-0.4, -0.2) is 49.4 Å². The first-order valence-electron chi connectivity index (χ1n) is 8.89. The fourth-order valence-corrected chi connectivity index (χ4v) is 3.31. The Morgan fingerprint density at radius 2 is 1.77 bits per heavy atom. The van der Waals surface area contributed by atoms with Crippen LogP contribution in [0.4, 0.5) is 0 Å². The van der Waals surface area contributed by atoms with Crippen LogP contribution in [0.2, 0.25) is 0 Å². The molecule has 0 saturated heterocycles. The third kappa shape index (κ3) is 5.02. The lowest BCUT2D eigenvalue weighted by Gasteiger charge is -2.40. The third-order valence-corrected chi connectivity index (χ3v) is 6.11. The zero-order valence-electron chi connectivity index (χ0n) is 16.9. The number of esters is 1. The Kier molecular flexibility index (Phi) is 7.73. The van der Waals surface area contributed by atoms with Crippen LogP contribution in [0.15, 0.2) is 30.3 Å². The molecule has 0 N–H and O–H groups in total. The molecule has 0 aliphatic heterocycles. The minimum absolute atomic E-state index is 0.315. The smallest absolute Gasteiger partial charge is 0.320 e. The molecule has 0 spiro atoms. The van der Waals surface area contributed by atoms with E-state index in [4.69, 9.17) is 11.3 Å². The second-order valence-corrected chi connectivity index (χ2v) is 8.52. The van der Waals surface area contributed by atoms with E-state index in [-0.39, 0.29) is 11.4 Å². The van der Waals surface area contributed by atoms with Crippen LogP contribution in [0, 0.1) is 12.0 Å². The van der Waals surface area contributed by atoms with Crippen LogP contribution in [0.1, 0.15) is 39.7 Å². The quantitative estimate of drug-likeness (QED) is 0.401. The molecule has 26 heavy (non-hydrogen) atoms. The molecule has 2 atom stereocenters. The molecule has 0 aliphatic rings. The Balaban J connectivity index is 3.21. The van der Waals surface area contributed by atoms with Crippen LogP contribution in [0.3, 0.4) is 0 Å². The van der Waals surface area contributed by atoms with Gasteiger partial charge in [0.1, 0.15) is 12.0 Å². The van der Waals surface area contributed by atoms with Crippen molar-refractivity contribution in [3.63, 3.8) is 0 Å². The van der Waals surface area contributed by atoms with Gasteiger partial charge in [-0.3, -0.25) is 4.79 Å². The lowest BCUT2D eigenvalue weighted by molar-refractivity contribution is -0.159. The van der Waals surface area contributed by atoms with Crippen molar-refractivity contribution in [1.82, 2.24) is 4.90 Å². The Hall–Kier alpha value is -1.51. The maximum atomic E-state index is 13.1.